The number of carbonyl (C=O) groups is 1. The van der Waals surface area contributed by atoms with Crippen LogP contribution in [-0.2, 0) is 9.53 Å². The highest BCUT2D eigenvalue weighted by Gasteiger charge is 2.14. The molecule has 118 valence electrons. The van der Waals surface area contributed by atoms with Gasteiger partial charge in [-0.05, 0) is 49.0 Å². The first-order valence-electron chi connectivity index (χ1n) is 7.43. The van der Waals surface area contributed by atoms with Crippen LogP contribution < -0.4 is 4.74 Å². The molecule has 0 saturated carbocycles. The number of methoxy groups -OCH3 is 2. The van der Waals surface area contributed by atoms with Crippen LogP contribution in [0.1, 0.15) is 37.7 Å². The highest BCUT2D eigenvalue weighted by Crippen LogP contribution is 2.30. The summed E-state index contributed by atoms with van der Waals surface area (Å²) in [6, 6.07) is 5.68. The summed E-state index contributed by atoms with van der Waals surface area (Å²) < 4.78 is 10.0. The largest absolute Gasteiger partial charge is 0.495 e. The Balaban J connectivity index is 2.20. The molecule has 0 heterocycles. The van der Waals surface area contributed by atoms with Gasteiger partial charge in [0.15, 0.2) is 0 Å². The maximum absolute atomic E-state index is 11.5. The van der Waals surface area contributed by atoms with Crippen LogP contribution in [0.5, 0.6) is 5.75 Å². The minimum absolute atomic E-state index is 0.170. The van der Waals surface area contributed by atoms with E-state index >= 15 is 0 Å². The number of benzene rings is 1. The lowest BCUT2D eigenvalue weighted by atomic mass is 9.89. The number of allylic oxidation sites excluding steroid dienone is 2. The summed E-state index contributed by atoms with van der Waals surface area (Å²) >= 11 is 6.03. The normalized spacial score (nSPS) is 15.2. The first-order valence-corrected chi connectivity index (χ1v) is 7.81. The molecule has 1 aromatic rings. The van der Waals surface area contributed by atoms with Gasteiger partial charge in [-0.15, -0.1) is 0 Å². The summed E-state index contributed by atoms with van der Waals surface area (Å²) in [5, 5.41) is 0.600. The van der Waals surface area contributed by atoms with Crippen molar-refractivity contribution < 1.29 is 14.3 Å². The molecule has 1 aliphatic carbocycles. The van der Waals surface area contributed by atoms with Crippen LogP contribution in [0.2, 0.25) is 5.02 Å². The molecule has 0 atom stereocenters. The summed E-state index contributed by atoms with van der Waals surface area (Å²) in [6.45, 7) is 0. The van der Waals surface area contributed by atoms with Crippen molar-refractivity contribution >= 4 is 23.6 Å². The van der Waals surface area contributed by atoms with Gasteiger partial charge < -0.3 is 9.47 Å². The van der Waals surface area contributed by atoms with Gasteiger partial charge in [0.25, 0.3) is 0 Å². The lowest BCUT2D eigenvalue weighted by Gasteiger charge is -2.17. The highest BCUT2D eigenvalue weighted by molar-refractivity contribution is 6.32. The van der Waals surface area contributed by atoms with Gasteiger partial charge in [0.2, 0.25) is 0 Å². The van der Waals surface area contributed by atoms with Crippen LogP contribution in [0.25, 0.3) is 6.08 Å². The molecular weight excluding hydrogens is 300 g/mol. The number of ether oxygens (including phenoxy) is 2. The molecule has 0 bridgehead atoms. The molecule has 3 nitrogen and oxygen atoms in total. The van der Waals surface area contributed by atoms with Crippen molar-refractivity contribution in [1.82, 2.24) is 0 Å². The Morgan fingerprint density at radius 1 is 1.23 bits per heavy atom. The topological polar surface area (TPSA) is 35.5 Å². The van der Waals surface area contributed by atoms with Crippen LogP contribution >= 0.6 is 11.6 Å². The van der Waals surface area contributed by atoms with Crippen molar-refractivity contribution in [2.75, 3.05) is 14.2 Å². The number of esters is 1. The Hall–Kier alpha value is -1.74. The molecule has 22 heavy (non-hydrogen) atoms. The van der Waals surface area contributed by atoms with E-state index in [2.05, 4.69) is 6.08 Å². The van der Waals surface area contributed by atoms with E-state index in [0.29, 0.717) is 17.2 Å². The molecule has 0 radical (unpaired) electrons. The maximum Gasteiger partial charge on any atom is 0.309 e. The third-order valence-electron chi connectivity index (χ3n) is 3.87. The average Bonchev–Trinajstić information content (AvgIpc) is 2.55. The number of rotatable bonds is 5. The Kier molecular flexibility index (Phi) is 6.08. The first-order chi connectivity index (χ1) is 10.6. The van der Waals surface area contributed by atoms with E-state index in [0.717, 1.165) is 31.2 Å². The second-order valence-corrected chi connectivity index (χ2v) is 5.72. The predicted octanol–water partition coefficient (Wildman–Crippen LogP) is 4.80. The van der Waals surface area contributed by atoms with Gasteiger partial charge in [0.1, 0.15) is 5.75 Å². The van der Waals surface area contributed by atoms with Crippen LogP contribution in [-0.4, -0.2) is 20.2 Å². The molecular formula is C18H21ClO3. The predicted molar refractivity (Wildman–Crippen MR) is 89.2 cm³/mol. The van der Waals surface area contributed by atoms with Gasteiger partial charge in [-0.2, -0.15) is 0 Å². The second-order valence-electron chi connectivity index (χ2n) is 5.32. The second kappa shape index (κ2) is 8.04. The van der Waals surface area contributed by atoms with E-state index in [1.807, 2.05) is 24.3 Å². The van der Waals surface area contributed by atoms with E-state index in [-0.39, 0.29) is 5.97 Å². The van der Waals surface area contributed by atoms with Crippen LogP contribution in [0.4, 0.5) is 0 Å². The van der Waals surface area contributed by atoms with E-state index in [4.69, 9.17) is 21.1 Å². The SMILES string of the molecule is COC(=O)CC1=C(/C=C/c2ccc(Cl)c(OC)c2)CCCC1. The van der Waals surface area contributed by atoms with Crippen molar-refractivity contribution in [3.05, 3.63) is 46.0 Å². The lowest BCUT2D eigenvalue weighted by Crippen LogP contribution is -2.06. The molecule has 4 heteroatoms. The maximum atomic E-state index is 11.5. The van der Waals surface area contributed by atoms with Gasteiger partial charge in [-0.1, -0.05) is 35.4 Å². The molecule has 0 unspecified atom stereocenters. The Morgan fingerprint density at radius 2 is 2.00 bits per heavy atom. The third kappa shape index (κ3) is 4.38. The van der Waals surface area contributed by atoms with E-state index in [9.17, 15) is 4.79 Å². The van der Waals surface area contributed by atoms with Gasteiger partial charge in [-0.25, -0.2) is 0 Å². The Bertz CT molecular complexity index is 602. The van der Waals surface area contributed by atoms with Crippen molar-refractivity contribution in [3.63, 3.8) is 0 Å². The summed E-state index contributed by atoms with van der Waals surface area (Å²) in [7, 11) is 3.04. The highest BCUT2D eigenvalue weighted by atomic mass is 35.5. The summed E-state index contributed by atoms with van der Waals surface area (Å²) in [5.74, 6) is 0.493. The molecule has 0 amide bonds. The standard InChI is InChI=1S/C18H21ClO3/c1-21-17-11-13(8-10-16(17)19)7-9-14-5-3-4-6-15(14)12-18(20)22-2/h7-11H,3-6,12H2,1-2H3/b9-7+. The minimum atomic E-state index is -0.170. The molecule has 0 saturated heterocycles. The number of carbonyl (C=O) groups excluding carboxylic acids is 1. The monoisotopic (exact) mass is 320 g/mol. The molecule has 2 rings (SSSR count). The van der Waals surface area contributed by atoms with E-state index < -0.39 is 0 Å². The molecule has 1 aliphatic rings. The minimum Gasteiger partial charge on any atom is -0.495 e. The Labute approximate surface area is 136 Å². The summed E-state index contributed by atoms with van der Waals surface area (Å²) in [5.41, 5.74) is 3.46. The van der Waals surface area contributed by atoms with Crippen molar-refractivity contribution in [3.8, 4) is 5.75 Å². The zero-order valence-corrected chi connectivity index (χ0v) is 13.8. The van der Waals surface area contributed by atoms with Crippen molar-refractivity contribution in [2.45, 2.75) is 32.1 Å². The fraction of sp³-hybridized carbons (Fsp3) is 0.389. The summed E-state index contributed by atoms with van der Waals surface area (Å²) in [6.07, 6.45) is 8.80. The van der Waals surface area contributed by atoms with E-state index in [1.54, 1.807) is 7.11 Å². The zero-order chi connectivity index (χ0) is 15.9. The molecule has 1 aromatic carbocycles. The van der Waals surface area contributed by atoms with Crippen molar-refractivity contribution in [1.29, 1.82) is 0 Å². The first kappa shape index (κ1) is 16.6. The molecule has 0 N–H and O–H groups in total. The fourth-order valence-electron chi connectivity index (χ4n) is 2.62. The van der Waals surface area contributed by atoms with Gasteiger partial charge in [0.05, 0.1) is 25.7 Å². The smallest absolute Gasteiger partial charge is 0.309 e. The quantitative estimate of drug-likeness (QED) is 0.731. The van der Waals surface area contributed by atoms with Gasteiger partial charge in [0, 0.05) is 0 Å². The van der Waals surface area contributed by atoms with Gasteiger partial charge >= 0.3 is 5.97 Å². The zero-order valence-electron chi connectivity index (χ0n) is 13.0. The van der Waals surface area contributed by atoms with Crippen molar-refractivity contribution in [2.24, 2.45) is 0 Å². The lowest BCUT2D eigenvalue weighted by molar-refractivity contribution is -0.139. The summed E-state index contributed by atoms with van der Waals surface area (Å²) in [4.78, 5) is 11.5. The average molecular weight is 321 g/mol. The number of halogens is 1. The van der Waals surface area contributed by atoms with Crippen LogP contribution in [0, 0.1) is 0 Å². The third-order valence-corrected chi connectivity index (χ3v) is 4.18. The molecule has 0 fully saturated rings. The van der Waals surface area contributed by atoms with Crippen LogP contribution in [0.15, 0.2) is 35.4 Å². The van der Waals surface area contributed by atoms with Gasteiger partial charge in [-0.3, -0.25) is 4.79 Å². The fourth-order valence-corrected chi connectivity index (χ4v) is 2.81. The molecule has 0 aliphatic heterocycles. The number of hydrogen-bond acceptors (Lipinski definition) is 3. The molecule has 0 aromatic heterocycles. The number of hydrogen-bond donors (Lipinski definition) is 0. The van der Waals surface area contributed by atoms with E-state index in [1.165, 1.54) is 18.3 Å². The van der Waals surface area contributed by atoms with Crippen LogP contribution in [0.3, 0.4) is 0 Å². The molecule has 0 spiro atoms. The Morgan fingerprint density at radius 3 is 2.73 bits per heavy atom.